The standard InChI is InChI=1S/C38H75N2/c1-4-7-10-12-14-16-18-19-20-21-22-23-24-26-28-30-32-35-40-37-36-39(34-9-6-3)38(40)33-31-29-27-25-17-15-13-11-8-5-2/h36-37H,4-35H2,1-3H3/q+1. The molecular formula is C38H75N2+. The molecule has 0 fully saturated rings. The third-order valence-electron chi connectivity index (χ3n) is 9.10. The molecule has 0 radical (unpaired) electrons. The van der Waals surface area contributed by atoms with Crippen molar-refractivity contribution in [1.29, 1.82) is 0 Å². The first-order chi connectivity index (χ1) is 19.8. The van der Waals surface area contributed by atoms with E-state index in [1.807, 2.05) is 0 Å². The summed E-state index contributed by atoms with van der Waals surface area (Å²) < 4.78 is 5.18. The van der Waals surface area contributed by atoms with E-state index in [9.17, 15) is 0 Å². The van der Waals surface area contributed by atoms with Gasteiger partial charge in [0.05, 0.1) is 13.1 Å². The summed E-state index contributed by atoms with van der Waals surface area (Å²) in [5.41, 5.74) is 0. The number of aryl methyl sites for hydroxylation is 2. The number of hydrogen-bond donors (Lipinski definition) is 0. The lowest BCUT2D eigenvalue weighted by atomic mass is 10.0. The molecule has 40 heavy (non-hydrogen) atoms. The first-order valence-corrected chi connectivity index (χ1v) is 18.9. The fraction of sp³-hybridized carbons (Fsp3) is 0.921. The van der Waals surface area contributed by atoms with Crippen LogP contribution in [0.25, 0.3) is 0 Å². The summed E-state index contributed by atoms with van der Waals surface area (Å²) in [7, 11) is 0. The van der Waals surface area contributed by atoms with Crippen molar-refractivity contribution in [2.45, 2.75) is 226 Å². The molecule has 1 rings (SSSR count). The van der Waals surface area contributed by atoms with E-state index in [0.717, 1.165) is 0 Å². The van der Waals surface area contributed by atoms with Crippen LogP contribution in [0, 0.1) is 0 Å². The monoisotopic (exact) mass is 560 g/mol. The van der Waals surface area contributed by atoms with Crippen LogP contribution in [-0.2, 0) is 19.5 Å². The summed E-state index contributed by atoms with van der Waals surface area (Å²) in [6, 6.07) is 0. The maximum Gasteiger partial charge on any atom is 0.256 e. The molecule has 2 nitrogen and oxygen atoms in total. The van der Waals surface area contributed by atoms with E-state index in [-0.39, 0.29) is 0 Å². The number of hydrogen-bond acceptors (Lipinski definition) is 0. The number of nitrogens with zero attached hydrogens (tertiary/aromatic N) is 2. The molecule has 0 N–H and O–H groups in total. The van der Waals surface area contributed by atoms with Crippen LogP contribution in [0.1, 0.15) is 213 Å². The van der Waals surface area contributed by atoms with Gasteiger partial charge in [0, 0.05) is 6.42 Å². The fourth-order valence-corrected chi connectivity index (χ4v) is 6.30. The Balaban J connectivity index is 2.07. The summed E-state index contributed by atoms with van der Waals surface area (Å²) in [6.07, 6.45) is 47.5. The predicted octanol–water partition coefficient (Wildman–Crippen LogP) is 12.7. The molecule has 0 spiro atoms. The number of rotatable bonds is 32. The minimum atomic E-state index is 1.20. The van der Waals surface area contributed by atoms with Gasteiger partial charge in [-0.3, -0.25) is 0 Å². The second-order valence-electron chi connectivity index (χ2n) is 13.0. The zero-order chi connectivity index (χ0) is 28.8. The van der Waals surface area contributed by atoms with E-state index in [1.165, 1.54) is 206 Å². The van der Waals surface area contributed by atoms with Crippen LogP contribution < -0.4 is 4.57 Å². The van der Waals surface area contributed by atoms with Crippen LogP contribution >= 0.6 is 0 Å². The molecular weight excluding hydrogens is 484 g/mol. The lowest BCUT2D eigenvalue weighted by Crippen LogP contribution is -2.37. The van der Waals surface area contributed by atoms with E-state index >= 15 is 0 Å². The van der Waals surface area contributed by atoms with E-state index in [1.54, 1.807) is 5.82 Å². The quantitative estimate of drug-likeness (QED) is 0.0613. The Hall–Kier alpha value is -0.790. The molecule has 0 unspecified atom stereocenters. The lowest BCUT2D eigenvalue weighted by molar-refractivity contribution is -0.704. The molecule has 1 aromatic heterocycles. The summed E-state index contributed by atoms with van der Waals surface area (Å²) in [5, 5.41) is 0. The Labute approximate surface area is 253 Å². The molecule has 0 bridgehead atoms. The van der Waals surface area contributed by atoms with Gasteiger partial charge in [-0.25, -0.2) is 9.13 Å². The minimum Gasteiger partial charge on any atom is -0.234 e. The van der Waals surface area contributed by atoms with Crippen molar-refractivity contribution < 1.29 is 4.57 Å². The summed E-state index contributed by atoms with van der Waals surface area (Å²) in [5.74, 6) is 1.60. The molecule has 0 saturated carbocycles. The zero-order valence-corrected chi connectivity index (χ0v) is 28.2. The van der Waals surface area contributed by atoms with Gasteiger partial charge in [-0.05, 0) is 25.7 Å². The Morgan fingerprint density at radius 1 is 0.425 bits per heavy atom. The van der Waals surface area contributed by atoms with E-state index in [2.05, 4.69) is 42.3 Å². The topological polar surface area (TPSA) is 8.81 Å². The Kier molecular flexibility index (Phi) is 27.6. The van der Waals surface area contributed by atoms with Crippen molar-refractivity contribution in [3.05, 3.63) is 18.2 Å². The van der Waals surface area contributed by atoms with Gasteiger partial charge in [-0.15, -0.1) is 0 Å². The normalized spacial score (nSPS) is 11.6. The molecule has 1 aromatic rings. The van der Waals surface area contributed by atoms with Gasteiger partial charge in [-0.1, -0.05) is 181 Å². The second-order valence-corrected chi connectivity index (χ2v) is 13.0. The SMILES string of the molecule is CCCCCCCCCCCCCCCCCCCn1cc[n+](CCCC)c1CCCCCCCCCCCC. The van der Waals surface area contributed by atoms with Crippen LogP contribution in [0.15, 0.2) is 12.4 Å². The molecule has 0 aliphatic heterocycles. The van der Waals surface area contributed by atoms with Crippen molar-refractivity contribution in [1.82, 2.24) is 4.57 Å². The maximum absolute atomic E-state index is 2.61. The van der Waals surface area contributed by atoms with Crippen molar-refractivity contribution >= 4 is 0 Å². The highest BCUT2D eigenvalue weighted by Crippen LogP contribution is 2.15. The Morgan fingerprint density at radius 2 is 0.775 bits per heavy atom. The minimum absolute atomic E-state index is 1.20. The highest BCUT2D eigenvalue weighted by Gasteiger charge is 2.16. The highest BCUT2D eigenvalue weighted by molar-refractivity contribution is 4.84. The molecule has 0 aliphatic rings. The van der Waals surface area contributed by atoms with Crippen molar-refractivity contribution in [2.24, 2.45) is 0 Å². The van der Waals surface area contributed by atoms with E-state index in [0.29, 0.717) is 0 Å². The van der Waals surface area contributed by atoms with E-state index < -0.39 is 0 Å². The summed E-state index contributed by atoms with van der Waals surface area (Å²) in [6.45, 7) is 9.36. The van der Waals surface area contributed by atoms with Crippen molar-refractivity contribution in [3.63, 3.8) is 0 Å². The third-order valence-corrected chi connectivity index (χ3v) is 9.10. The smallest absolute Gasteiger partial charge is 0.234 e. The average molecular weight is 560 g/mol. The average Bonchev–Trinajstić information content (AvgIpc) is 3.35. The maximum atomic E-state index is 2.61. The fourth-order valence-electron chi connectivity index (χ4n) is 6.30. The molecule has 0 aliphatic carbocycles. The number of unbranched alkanes of at least 4 members (excludes halogenated alkanes) is 26. The molecule has 0 atom stereocenters. The van der Waals surface area contributed by atoms with Crippen LogP contribution in [0.5, 0.6) is 0 Å². The van der Waals surface area contributed by atoms with Crippen molar-refractivity contribution in [2.75, 3.05) is 0 Å². The Morgan fingerprint density at radius 3 is 1.18 bits per heavy atom. The first kappa shape index (κ1) is 37.2. The summed E-state index contributed by atoms with van der Waals surface area (Å²) in [4.78, 5) is 0. The van der Waals surface area contributed by atoms with Gasteiger partial charge < -0.3 is 0 Å². The van der Waals surface area contributed by atoms with Gasteiger partial charge in [0.15, 0.2) is 0 Å². The molecule has 0 aromatic carbocycles. The van der Waals surface area contributed by atoms with Crippen LogP contribution in [-0.4, -0.2) is 4.57 Å². The Bertz CT molecular complexity index is 619. The second kappa shape index (κ2) is 29.7. The third kappa shape index (κ3) is 21.9. The lowest BCUT2D eigenvalue weighted by Gasteiger charge is -2.07. The number of aromatic nitrogens is 2. The van der Waals surface area contributed by atoms with Gasteiger partial charge in [0.1, 0.15) is 12.4 Å². The van der Waals surface area contributed by atoms with Gasteiger partial charge in [0.25, 0.3) is 5.82 Å². The zero-order valence-electron chi connectivity index (χ0n) is 28.2. The van der Waals surface area contributed by atoms with Gasteiger partial charge in [0.2, 0.25) is 0 Å². The molecule has 1 heterocycles. The molecule has 0 amide bonds. The molecule has 2 heteroatoms. The predicted molar refractivity (Wildman–Crippen MR) is 179 cm³/mol. The van der Waals surface area contributed by atoms with Crippen molar-refractivity contribution in [3.8, 4) is 0 Å². The van der Waals surface area contributed by atoms with Gasteiger partial charge >= 0.3 is 0 Å². The molecule has 0 saturated heterocycles. The van der Waals surface area contributed by atoms with Gasteiger partial charge in [-0.2, -0.15) is 0 Å². The van der Waals surface area contributed by atoms with Crippen LogP contribution in [0.4, 0.5) is 0 Å². The first-order valence-electron chi connectivity index (χ1n) is 18.9. The van der Waals surface area contributed by atoms with Crippen LogP contribution in [0.2, 0.25) is 0 Å². The number of imidazole rings is 1. The summed E-state index contributed by atoms with van der Waals surface area (Å²) >= 11 is 0. The molecule has 236 valence electrons. The largest absolute Gasteiger partial charge is 0.256 e. The highest BCUT2D eigenvalue weighted by atomic mass is 15.1. The van der Waals surface area contributed by atoms with Crippen LogP contribution in [0.3, 0.4) is 0 Å². The van der Waals surface area contributed by atoms with E-state index in [4.69, 9.17) is 0 Å².